The maximum atomic E-state index is 14.1. The number of hydrogen-bond acceptors (Lipinski definition) is 2. The van der Waals surface area contributed by atoms with Crippen LogP contribution in [-0.4, -0.2) is 16.3 Å². The molecule has 0 aliphatic rings. The van der Waals surface area contributed by atoms with Gasteiger partial charge in [-0.25, -0.2) is 4.39 Å². The van der Waals surface area contributed by atoms with E-state index in [1.54, 1.807) is 6.07 Å². The number of benzene rings is 1. The molecule has 2 aromatic rings. The summed E-state index contributed by atoms with van der Waals surface area (Å²) in [5.74, 6) is -0.167. The third-order valence-electron chi connectivity index (χ3n) is 3.38. The molecule has 0 radical (unpaired) electrons. The van der Waals surface area contributed by atoms with Crippen molar-refractivity contribution in [3.8, 4) is 11.1 Å². The summed E-state index contributed by atoms with van der Waals surface area (Å²) in [6, 6.07) is 5.71. The molecular formula is C16H22FN3. The number of nitrogens with one attached hydrogen (secondary N) is 1. The van der Waals surface area contributed by atoms with Gasteiger partial charge in [0, 0.05) is 29.9 Å². The van der Waals surface area contributed by atoms with Crippen LogP contribution in [0.1, 0.15) is 38.1 Å². The molecule has 0 aliphatic carbocycles. The van der Waals surface area contributed by atoms with Crippen molar-refractivity contribution in [2.24, 2.45) is 0 Å². The number of nitrogens with zero attached hydrogens (tertiary/aromatic N) is 2. The first-order valence-electron chi connectivity index (χ1n) is 7.08. The van der Waals surface area contributed by atoms with E-state index in [9.17, 15) is 4.39 Å². The second-order valence-corrected chi connectivity index (χ2v) is 5.29. The van der Waals surface area contributed by atoms with Gasteiger partial charge in [-0.2, -0.15) is 5.10 Å². The van der Waals surface area contributed by atoms with Gasteiger partial charge in [-0.1, -0.05) is 19.1 Å². The molecule has 0 spiro atoms. The standard InChI is InChI=1S/C16H22FN3/c1-5-18-9-14-7-6-13(8-16(14)17)15-10-20(11(2)3)19-12(15)4/h6-8,10-11,18H,5,9H2,1-4H3. The van der Waals surface area contributed by atoms with E-state index in [-0.39, 0.29) is 5.82 Å². The van der Waals surface area contributed by atoms with Crippen LogP contribution in [-0.2, 0) is 6.54 Å². The Hall–Kier alpha value is -1.68. The fourth-order valence-electron chi connectivity index (χ4n) is 2.15. The third-order valence-corrected chi connectivity index (χ3v) is 3.38. The summed E-state index contributed by atoms with van der Waals surface area (Å²) in [5.41, 5.74) is 3.50. The molecule has 1 N–H and O–H groups in total. The summed E-state index contributed by atoms with van der Waals surface area (Å²) in [7, 11) is 0. The molecule has 0 saturated heterocycles. The van der Waals surface area contributed by atoms with Gasteiger partial charge in [-0.05, 0) is 38.9 Å². The third kappa shape index (κ3) is 3.07. The molecule has 1 aromatic heterocycles. The zero-order valence-corrected chi connectivity index (χ0v) is 12.6. The highest BCUT2D eigenvalue weighted by Gasteiger charge is 2.11. The Bertz CT molecular complexity index is 587. The van der Waals surface area contributed by atoms with Crippen LogP contribution >= 0.6 is 0 Å². The lowest BCUT2D eigenvalue weighted by molar-refractivity contribution is 0.529. The molecule has 0 saturated carbocycles. The quantitative estimate of drug-likeness (QED) is 0.902. The van der Waals surface area contributed by atoms with Gasteiger partial charge in [-0.15, -0.1) is 0 Å². The smallest absolute Gasteiger partial charge is 0.128 e. The Morgan fingerprint density at radius 3 is 2.65 bits per heavy atom. The fraction of sp³-hybridized carbons (Fsp3) is 0.438. The molecule has 0 aliphatic heterocycles. The van der Waals surface area contributed by atoms with Crippen LogP contribution in [0.5, 0.6) is 0 Å². The molecule has 108 valence electrons. The Morgan fingerprint density at radius 2 is 2.10 bits per heavy atom. The number of aromatic nitrogens is 2. The zero-order valence-electron chi connectivity index (χ0n) is 12.6. The molecule has 0 amide bonds. The average Bonchev–Trinajstić information content (AvgIpc) is 2.79. The minimum atomic E-state index is -0.167. The van der Waals surface area contributed by atoms with Gasteiger partial charge < -0.3 is 5.32 Å². The van der Waals surface area contributed by atoms with Crippen molar-refractivity contribution in [3.63, 3.8) is 0 Å². The lowest BCUT2D eigenvalue weighted by atomic mass is 10.0. The van der Waals surface area contributed by atoms with Gasteiger partial charge in [-0.3, -0.25) is 4.68 Å². The van der Waals surface area contributed by atoms with E-state index in [1.807, 2.05) is 36.9 Å². The van der Waals surface area contributed by atoms with Crippen LogP contribution in [0.4, 0.5) is 4.39 Å². The lowest BCUT2D eigenvalue weighted by Crippen LogP contribution is -2.12. The van der Waals surface area contributed by atoms with Gasteiger partial charge in [0.1, 0.15) is 5.82 Å². The summed E-state index contributed by atoms with van der Waals surface area (Å²) >= 11 is 0. The highest BCUT2D eigenvalue weighted by molar-refractivity contribution is 5.65. The van der Waals surface area contributed by atoms with Crippen LogP contribution < -0.4 is 5.32 Å². The Morgan fingerprint density at radius 1 is 1.35 bits per heavy atom. The van der Waals surface area contributed by atoms with Crippen molar-refractivity contribution in [3.05, 3.63) is 41.5 Å². The van der Waals surface area contributed by atoms with E-state index in [0.29, 0.717) is 18.2 Å². The van der Waals surface area contributed by atoms with E-state index >= 15 is 0 Å². The van der Waals surface area contributed by atoms with Crippen molar-refractivity contribution in [2.45, 2.75) is 40.3 Å². The largest absolute Gasteiger partial charge is 0.313 e. The SMILES string of the molecule is CCNCc1ccc(-c2cn(C(C)C)nc2C)cc1F. The second kappa shape index (κ2) is 6.18. The lowest BCUT2D eigenvalue weighted by Gasteiger charge is -2.06. The van der Waals surface area contributed by atoms with Gasteiger partial charge >= 0.3 is 0 Å². The summed E-state index contributed by atoms with van der Waals surface area (Å²) in [5, 5.41) is 7.61. The van der Waals surface area contributed by atoms with Gasteiger partial charge in [0.2, 0.25) is 0 Å². The first-order valence-corrected chi connectivity index (χ1v) is 7.08. The molecule has 0 atom stereocenters. The number of rotatable bonds is 5. The molecule has 0 unspecified atom stereocenters. The Balaban J connectivity index is 2.31. The van der Waals surface area contributed by atoms with E-state index < -0.39 is 0 Å². The predicted octanol–water partition coefficient (Wildman–Crippen LogP) is 3.69. The van der Waals surface area contributed by atoms with Crippen LogP contribution in [0, 0.1) is 12.7 Å². The van der Waals surface area contributed by atoms with Crippen molar-refractivity contribution >= 4 is 0 Å². The minimum Gasteiger partial charge on any atom is -0.313 e. The van der Waals surface area contributed by atoms with E-state index in [0.717, 1.165) is 23.4 Å². The molecule has 0 bridgehead atoms. The molecule has 1 aromatic carbocycles. The summed E-state index contributed by atoms with van der Waals surface area (Å²) in [6.45, 7) is 9.52. The zero-order chi connectivity index (χ0) is 14.7. The first kappa shape index (κ1) is 14.7. The molecule has 1 heterocycles. The molecule has 4 heteroatoms. The molecular weight excluding hydrogens is 253 g/mol. The van der Waals surface area contributed by atoms with Crippen molar-refractivity contribution in [1.82, 2.24) is 15.1 Å². The van der Waals surface area contributed by atoms with Crippen LogP contribution in [0.25, 0.3) is 11.1 Å². The van der Waals surface area contributed by atoms with Crippen LogP contribution in [0.15, 0.2) is 24.4 Å². The van der Waals surface area contributed by atoms with E-state index in [4.69, 9.17) is 0 Å². The monoisotopic (exact) mass is 275 g/mol. The Kier molecular flexibility index (Phi) is 4.55. The van der Waals surface area contributed by atoms with Crippen LogP contribution in [0.2, 0.25) is 0 Å². The number of hydrogen-bond donors (Lipinski definition) is 1. The van der Waals surface area contributed by atoms with Crippen molar-refractivity contribution in [2.75, 3.05) is 6.54 Å². The van der Waals surface area contributed by atoms with E-state index in [1.165, 1.54) is 0 Å². The van der Waals surface area contributed by atoms with Gasteiger partial charge in [0.05, 0.1) is 5.69 Å². The van der Waals surface area contributed by atoms with Crippen molar-refractivity contribution < 1.29 is 4.39 Å². The van der Waals surface area contributed by atoms with E-state index in [2.05, 4.69) is 24.3 Å². The minimum absolute atomic E-state index is 0.167. The summed E-state index contributed by atoms with van der Waals surface area (Å²) in [6.07, 6.45) is 1.98. The normalized spacial score (nSPS) is 11.3. The molecule has 2 rings (SSSR count). The topological polar surface area (TPSA) is 29.9 Å². The molecule has 3 nitrogen and oxygen atoms in total. The maximum absolute atomic E-state index is 14.1. The maximum Gasteiger partial charge on any atom is 0.128 e. The summed E-state index contributed by atoms with van der Waals surface area (Å²) in [4.78, 5) is 0. The number of halogens is 1. The van der Waals surface area contributed by atoms with Crippen LogP contribution in [0.3, 0.4) is 0 Å². The highest BCUT2D eigenvalue weighted by Crippen LogP contribution is 2.25. The Labute approximate surface area is 119 Å². The predicted molar refractivity (Wildman–Crippen MR) is 80.1 cm³/mol. The van der Waals surface area contributed by atoms with Gasteiger partial charge in [0.25, 0.3) is 0 Å². The fourth-order valence-corrected chi connectivity index (χ4v) is 2.15. The van der Waals surface area contributed by atoms with Crippen molar-refractivity contribution in [1.29, 1.82) is 0 Å². The summed E-state index contributed by atoms with van der Waals surface area (Å²) < 4.78 is 16.0. The molecule has 0 fully saturated rings. The highest BCUT2D eigenvalue weighted by atomic mass is 19.1. The van der Waals surface area contributed by atoms with Gasteiger partial charge in [0.15, 0.2) is 0 Å². The second-order valence-electron chi connectivity index (χ2n) is 5.29. The first-order chi connectivity index (χ1) is 9.52. The average molecular weight is 275 g/mol. The molecule has 20 heavy (non-hydrogen) atoms. The number of aryl methyl sites for hydroxylation is 1.